The van der Waals surface area contributed by atoms with Gasteiger partial charge in [-0.15, -0.1) is 0 Å². The highest BCUT2D eigenvalue weighted by atomic mass is 16.6. The highest BCUT2D eigenvalue weighted by Crippen LogP contribution is 2.32. The molecule has 0 saturated carbocycles. The van der Waals surface area contributed by atoms with Crippen molar-refractivity contribution < 1.29 is 61.9 Å². The quantitative estimate of drug-likeness (QED) is 0.0611. The zero-order valence-corrected chi connectivity index (χ0v) is 36.7. The molecule has 3 rings (SSSR count). The first-order chi connectivity index (χ1) is 29.9. The average Bonchev–Trinajstić information content (AvgIpc) is 3.50. The molecule has 1 aromatic carbocycles. The minimum Gasteiger partial charge on any atom is -0.379 e. The fourth-order valence-electron chi connectivity index (χ4n) is 6.83. The molecule has 2 heterocycles. The smallest absolute Gasteiger partial charge is 0.264 e. The van der Waals surface area contributed by atoms with E-state index >= 15 is 0 Å². The van der Waals surface area contributed by atoms with Gasteiger partial charge >= 0.3 is 0 Å². The molecule has 1 aromatic rings. The molecule has 0 aromatic heterocycles. The fourth-order valence-corrected chi connectivity index (χ4v) is 6.83. The normalized spacial score (nSPS) is 15.2. The van der Waals surface area contributed by atoms with Crippen LogP contribution in [-0.2, 0) is 52.3 Å². The fraction of sp³-hybridized carbons (Fsp3) is 0.756. The zero-order chi connectivity index (χ0) is 43.6. The molecule has 2 aliphatic rings. The summed E-state index contributed by atoms with van der Waals surface area (Å²) >= 11 is 0. The largest absolute Gasteiger partial charge is 0.379 e. The van der Waals surface area contributed by atoms with Crippen LogP contribution in [0.3, 0.4) is 0 Å². The van der Waals surface area contributed by atoms with Crippen LogP contribution in [0.5, 0.6) is 0 Å². The summed E-state index contributed by atoms with van der Waals surface area (Å²) in [6, 6.07) is 3.55. The Labute approximate surface area is 362 Å². The monoisotopic (exact) mass is 864 g/mol. The molecule has 2 N–H and O–H groups in total. The molecule has 1 fully saturated rings. The first-order valence-electron chi connectivity index (χ1n) is 22.7. The van der Waals surface area contributed by atoms with Crippen molar-refractivity contribution in [2.24, 2.45) is 0 Å². The Morgan fingerprint density at radius 1 is 0.574 bits per heavy atom. The van der Waals surface area contributed by atoms with Crippen LogP contribution >= 0.6 is 0 Å². The summed E-state index contributed by atoms with van der Waals surface area (Å²) in [5.74, 6) is -2.70. The Bertz CT molecular complexity index is 1400. The molecule has 0 spiro atoms. The Morgan fingerprint density at radius 3 is 1.46 bits per heavy atom. The van der Waals surface area contributed by atoms with Crippen LogP contribution in [0.4, 0.5) is 5.69 Å². The lowest BCUT2D eigenvalue weighted by Gasteiger charge is -2.27. The van der Waals surface area contributed by atoms with E-state index < -0.39 is 29.7 Å². The molecule has 1 atom stereocenters. The molecule has 61 heavy (non-hydrogen) atoms. The van der Waals surface area contributed by atoms with E-state index in [1.165, 1.54) is 63.9 Å². The number of rotatable bonds is 40. The van der Waals surface area contributed by atoms with Gasteiger partial charge in [-0.1, -0.05) is 77.2 Å². The minimum absolute atomic E-state index is 0.0313. The van der Waals surface area contributed by atoms with Gasteiger partial charge in [0.1, 0.15) is 6.04 Å². The summed E-state index contributed by atoms with van der Waals surface area (Å²) in [4.78, 5) is 63.6. The van der Waals surface area contributed by atoms with Crippen molar-refractivity contribution in [1.82, 2.24) is 10.2 Å². The summed E-state index contributed by atoms with van der Waals surface area (Å²) in [5, 5.41) is 4.92. The van der Waals surface area contributed by atoms with Crippen molar-refractivity contribution in [3.05, 3.63) is 29.3 Å². The third kappa shape index (κ3) is 22.5. The van der Waals surface area contributed by atoms with E-state index in [2.05, 4.69) is 17.6 Å². The van der Waals surface area contributed by atoms with Crippen LogP contribution in [0, 0.1) is 0 Å². The van der Waals surface area contributed by atoms with Crippen LogP contribution in [0.1, 0.15) is 130 Å². The van der Waals surface area contributed by atoms with E-state index in [4.69, 9.17) is 37.9 Å². The second kappa shape index (κ2) is 34.2. The van der Waals surface area contributed by atoms with Gasteiger partial charge in [0, 0.05) is 26.1 Å². The van der Waals surface area contributed by atoms with Gasteiger partial charge in [-0.3, -0.25) is 34.2 Å². The van der Waals surface area contributed by atoms with E-state index in [0.29, 0.717) is 106 Å². The molecular weight excluding hydrogens is 791 g/mol. The van der Waals surface area contributed by atoms with E-state index in [-0.39, 0.29) is 42.0 Å². The van der Waals surface area contributed by atoms with Crippen molar-refractivity contribution in [3.8, 4) is 0 Å². The second-order valence-corrected chi connectivity index (χ2v) is 15.1. The number of imide groups is 2. The number of carbonyl (C=O) groups excluding carboxylic acids is 5. The number of amides is 5. The average molecular weight is 864 g/mol. The summed E-state index contributed by atoms with van der Waals surface area (Å²) < 4.78 is 44.4. The molecule has 1 unspecified atom stereocenters. The molecule has 0 radical (unpaired) electrons. The zero-order valence-electron chi connectivity index (χ0n) is 36.7. The Hall–Kier alpha value is -3.35. The first-order valence-corrected chi connectivity index (χ1v) is 22.7. The van der Waals surface area contributed by atoms with Crippen molar-refractivity contribution in [3.63, 3.8) is 0 Å². The van der Waals surface area contributed by atoms with Crippen LogP contribution in [0.25, 0.3) is 0 Å². The number of anilines is 1. The van der Waals surface area contributed by atoms with Crippen LogP contribution in [0.2, 0.25) is 0 Å². The van der Waals surface area contributed by atoms with Gasteiger partial charge in [-0.05, 0) is 37.8 Å². The maximum Gasteiger partial charge on any atom is 0.264 e. The summed E-state index contributed by atoms with van der Waals surface area (Å²) in [6.07, 6.45) is 15.8. The number of hydrogen-bond acceptors (Lipinski definition) is 13. The number of carbonyl (C=O) groups is 5. The number of nitrogens with one attached hydrogen (secondary N) is 2. The molecule has 16 nitrogen and oxygen atoms in total. The number of nitrogens with zero attached hydrogens (tertiary/aromatic N) is 1. The van der Waals surface area contributed by atoms with E-state index in [1.54, 1.807) is 12.1 Å². The van der Waals surface area contributed by atoms with Gasteiger partial charge in [0.2, 0.25) is 17.7 Å². The topological polar surface area (TPSA) is 186 Å². The van der Waals surface area contributed by atoms with Gasteiger partial charge in [-0.2, -0.15) is 0 Å². The van der Waals surface area contributed by atoms with Gasteiger partial charge < -0.3 is 43.2 Å². The van der Waals surface area contributed by atoms with E-state index in [0.717, 1.165) is 30.8 Å². The number of ether oxygens (including phenoxy) is 8. The minimum atomic E-state index is -1.07. The highest BCUT2D eigenvalue weighted by molar-refractivity contribution is 6.26. The van der Waals surface area contributed by atoms with Crippen LogP contribution in [0.15, 0.2) is 18.2 Å². The number of fused-ring (bicyclic) bond motifs is 1. The van der Waals surface area contributed by atoms with Crippen LogP contribution < -0.4 is 10.6 Å². The predicted molar refractivity (Wildman–Crippen MR) is 229 cm³/mol. The molecule has 16 heteroatoms. The summed E-state index contributed by atoms with van der Waals surface area (Å²) in [5.41, 5.74) is 0.395. The third-order valence-corrected chi connectivity index (χ3v) is 10.2. The number of unbranched alkanes of at least 4 members (excludes halogenated alkanes) is 11. The van der Waals surface area contributed by atoms with Gasteiger partial charge in [0.05, 0.1) is 109 Å². The van der Waals surface area contributed by atoms with E-state index in [9.17, 15) is 24.0 Å². The number of benzene rings is 1. The lowest BCUT2D eigenvalue weighted by Crippen LogP contribution is -2.54. The SMILES string of the molecule is CCCCCCCCCCCCOCCOCCOCCOCCOCCOCCOCCOCCCCCC(=O)Nc1cccc2c1C(=O)N(C1CCC(=O)NC1=O)C2=O. The van der Waals surface area contributed by atoms with Gasteiger partial charge in [-0.25, -0.2) is 0 Å². The van der Waals surface area contributed by atoms with Gasteiger partial charge in [0.15, 0.2) is 0 Å². The molecule has 1 saturated heterocycles. The van der Waals surface area contributed by atoms with Crippen LogP contribution in [-0.4, -0.2) is 146 Å². The van der Waals surface area contributed by atoms with Crippen molar-refractivity contribution in [2.45, 2.75) is 116 Å². The lowest BCUT2D eigenvalue weighted by molar-refractivity contribution is -0.136. The second-order valence-electron chi connectivity index (χ2n) is 15.1. The van der Waals surface area contributed by atoms with Crippen molar-refractivity contribution in [1.29, 1.82) is 0 Å². The first kappa shape index (κ1) is 52.0. The Balaban J connectivity index is 0.995. The molecule has 346 valence electrons. The summed E-state index contributed by atoms with van der Waals surface area (Å²) in [7, 11) is 0. The lowest BCUT2D eigenvalue weighted by atomic mass is 10.0. The standard InChI is InChI=1S/C45H73N3O13/c1-2-3-4-5-6-7-8-9-10-13-21-54-23-25-56-27-29-58-31-33-60-35-36-61-34-32-59-30-28-57-26-24-55-22-14-11-12-18-40(49)46-38-17-15-16-37-42(38)45(53)48(44(37)52)39-19-20-41(50)47-43(39)51/h15-17,39H,2-14,18-36H2,1H3,(H,46,49)(H,47,50,51). The Kier molecular flexibility index (Phi) is 29.1. The highest BCUT2D eigenvalue weighted by Gasteiger charge is 2.45. The van der Waals surface area contributed by atoms with Crippen molar-refractivity contribution >= 4 is 35.2 Å². The third-order valence-electron chi connectivity index (χ3n) is 10.2. The molecule has 5 amide bonds. The molecule has 2 aliphatic heterocycles. The Morgan fingerprint density at radius 2 is 1.00 bits per heavy atom. The van der Waals surface area contributed by atoms with Crippen molar-refractivity contribution in [2.75, 3.05) is 111 Å². The van der Waals surface area contributed by atoms with E-state index in [1.807, 2.05) is 0 Å². The number of piperidine rings is 1. The maximum absolute atomic E-state index is 13.2. The maximum atomic E-state index is 13.2. The molecule has 0 bridgehead atoms. The summed E-state index contributed by atoms with van der Waals surface area (Å²) in [6.45, 7) is 10.7. The molecule has 0 aliphatic carbocycles. The predicted octanol–water partition coefficient (Wildman–Crippen LogP) is 5.64. The molecular formula is C45H73N3O13. The number of hydrogen-bond donors (Lipinski definition) is 2. The van der Waals surface area contributed by atoms with Gasteiger partial charge in [0.25, 0.3) is 11.8 Å².